The average molecular weight is 571 g/mol. The van der Waals surface area contributed by atoms with Crippen LogP contribution in [-0.4, -0.2) is 85.7 Å². The predicted molar refractivity (Wildman–Crippen MR) is 150 cm³/mol. The number of aliphatic hydroxyl groups is 1. The Hall–Kier alpha value is -4.27. The summed E-state index contributed by atoms with van der Waals surface area (Å²) in [6.45, 7) is 1.77. The van der Waals surface area contributed by atoms with Gasteiger partial charge in [0.2, 0.25) is 17.7 Å². The van der Waals surface area contributed by atoms with E-state index in [1.165, 1.54) is 19.4 Å². The number of aromatic nitrogens is 3. The number of aliphatic carboxylic acids is 1. The van der Waals surface area contributed by atoms with Crippen LogP contribution >= 0.6 is 0 Å². The van der Waals surface area contributed by atoms with E-state index in [0.29, 0.717) is 37.1 Å². The lowest BCUT2D eigenvalue weighted by molar-refractivity contribution is -0.142. The minimum Gasteiger partial charge on any atom is -0.480 e. The summed E-state index contributed by atoms with van der Waals surface area (Å²) in [5.74, 6) is -3.50. The molecule has 41 heavy (non-hydrogen) atoms. The number of benzene rings is 1. The van der Waals surface area contributed by atoms with Crippen LogP contribution in [0, 0.1) is 0 Å². The van der Waals surface area contributed by atoms with Crippen LogP contribution in [0.2, 0.25) is 0 Å². The highest BCUT2D eigenvalue weighted by Crippen LogP contribution is 2.19. The quantitative estimate of drug-likeness (QED) is 0.0963. The second-order valence-corrected chi connectivity index (χ2v) is 9.92. The Morgan fingerprint density at radius 3 is 2.37 bits per heavy atom. The fourth-order valence-electron chi connectivity index (χ4n) is 4.39. The van der Waals surface area contributed by atoms with Gasteiger partial charge in [-0.3, -0.25) is 14.4 Å². The van der Waals surface area contributed by atoms with Crippen LogP contribution in [0.25, 0.3) is 10.9 Å². The van der Waals surface area contributed by atoms with Gasteiger partial charge in [0.15, 0.2) is 0 Å². The molecule has 0 saturated carbocycles. The molecule has 0 aliphatic rings. The number of fused-ring (bicyclic) bond motifs is 1. The molecule has 5 unspecified atom stereocenters. The Kier molecular flexibility index (Phi) is 11.4. The number of aromatic amines is 2. The van der Waals surface area contributed by atoms with E-state index in [4.69, 9.17) is 11.5 Å². The molecule has 11 N–H and O–H groups in total. The van der Waals surface area contributed by atoms with Gasteiger partial charge in [0.1, 0.15) is 18.1 Å². The molecule has 0 aliphatic carbocycles. The minimum absolute atomic E-state index is 0.00971. The highest BCUT2D eigenvalue weighted by Gasteiger charge is 2.33. The zero-order valence-corrected chi connectivity index (χ0v) is 22.8. The first kappa shape index (κ1) is 31.3. The Labute approximate surface area is 236 Å². The third kappa shape index (κ3) is 8.86. The summed E-state index contributed by atoms with van der Waals surface area (Å²) in [5.41, 5.74) is 13.4. The third-order valence-electron chi connectivity index (χ3n) is 6.69. The van der Waals surface area contributed by atoms with Gasteiger partial charge in [0.05, 0.1) is 18.5 Å². The number of nitrogens with one attached hydrogen (secondary N) is 5. The van der Waals surface area contributed by atoms with E-state index in [1.54, 1.807) is 6.20 Å². The van der Waals surface area contributed by atoms with Crippen molar-refractivity contribution in [2.75, 3.05) is 6.54 Å². The summed E-state index contributed by atoms with van der Waals surface area (Å²) < 4.78 is 0. The molecule has 3 amide bonds. The van der Waals surface area contributed by atoms with Gasteiger partial charge in [0.25, 0.3) is 0 Å². The number of aliphatic hydroxyl groups excluding tert-OH is 1. The number of para-hydroxylation sites is 1. The van der Waals surface area contributed by atoms with Gasteiger partial charge in [-0.05, 0) is 37.9 Å². The Balaban J connectivity index is 1.74. The molecular formula is C27H38N8O6. The van der Waals surface area contributed by atoms with Gasteiger partial charge in [-0.2, -0.15) is 0 Å². The van der Waals surface area contributed by atoms with Gasteiger partial charge in [-0.1, -0.05) is 24.6 Å². The molecular weight excluding hydrogens is 532 g/mol. The number of nitrogens with zero attached hydrogens (tertiary/aromatic N) is 1. The van der Waals surface area contributed by atoms with Crippen molar-refractivity contribution < 1.29 is 29.4 Å². The normalized spacial score (nSPS) is 14.9. The number of rotatable bonds is 16. The number of carboxylic acid groups (broad SMARTS) is 1. The van der Waals surface area contributed by atoms with E-state index in [1.807, 2.05) is 24.3 Å². The average Bonchev–Trinajstić information content (AvgIpc) is 3.60. The number of carbonyl (C=O) groups excluding carboxylic acids is 3. The zero-order chi connectivity index (χ0) is 29.9. The number of hydrogen-bond donors (Lipinski definition) is 9. The monoisotopic (exact) mass is 570 g/mol. The summed E-state index contributed by atoms with van der Waals surface area (Å²) in [6.07, 6.45) is 4.80. The molecule has 14 nitrogen and oxygen atoms in total. The fourth-order valence-corrected chi connectivity index (χ4v) is 4.39. The molecule has 0 spiro atoms. The van der Waals surface area contributed by atoms with Crippen molar-refractivity contribution in [2.45, 2.75) is 69.3 Å². The molecule has 0 fully saturated rings. The number of imidazole rings is 1. The van der Waals surface area contributed by atoms with E-state index in [-0.39, 0.29) is 12.8 Å². The van der Waals surface area contributed by atoms with Crippen molar-refractivity contribution in [3.8, 4) is 0 Å². The summed E-state index contributed by atoms with van der Waals surface area (Å²) in [7, 11) is 0. The van der Waals surface area contributed by atoms with Crippen LogP contribution in [0.5, 0.6) is 0 Å². The molecule has 2 heterocycles. The summed E-state index contributed by atoms with van der Waals surface area (Å²) in [5, 5.41) is 28.4. The van der Waals surface area contributed by atoms with E-state index in [2.05, 4.69) is 30.9 Å². The number of carbonyl (C=O) groups is 4. The highest BCUT2D eigenvalue weighted by molar-refractivity contribution is 5.94. The van der Waals surface area contributed by atoms with E-state index >= 15 is 0 Å². The molecule has 3 rings (SSSR count). The van der Waals surface area contributed by atoms with E-state index < -0.39 is 54.0 Å². The topological polar surface area (TPSA) is 241 Å². The van der Waals surface area contributed by atoms with Crippen LogP contribution in [0.4, 0.5) is 0 Å². The molecule has 14 heteroatoms. The number of H-pyrrole nitrogens is 2. The largest absolute Gasteiger partial charge is 0.480 e. The number of amides is 3. The Bertz CT molecular complexity index is 1310. The number of unbranched alkanes of at least 4 members (excludes halogenated alkanes) is 1. The maximum absolute atomic E-state index is 13.4. The lowest BCUT2D eigenvalue weighted by Crippen LogP contribution is -2.60. The second-order valence-electron chi connectivity index (χ2n) is 9.92. The first-order valence-electron chi connectivity index (χ1n) is 13.4. The molecule has 0 saturated heterocycles. The van der Waals surface area contributed by atoms with E-state index in [0.717, 1.165) is 10.9 Å². The predicted octanol–water partition coefficient (Wildman–Crippen LogP) is -0.948. The molecule has 5 atom stereocenters. The number of hydrogen-bond acceptors (Lipinski definition) is 8. The van der Waals surface area contributed by atoms with Crippen LogP contribution in [0.1, 0.15) is 37.4 Å². The van der Waals surface area contributed by atoms with Crippen molar-refractivity contribution in [3.63, 3.8) is 0 Å². The highest BCUT2D eigenvalue weighted by atomic mass is 16.4. The van der Waals surface area contributed by atoms with Crippen LogP contribution in [0.15, 0.2) is 43.0 Å². The van der Waals surface area contributed by atoms with Crippen LogP contribution in [-0.2, 0) is 32.0 Å². The smallest absolute Gasteiger partial charge is 0.326 e. The molecule has 222 valence electrons. The maximum atomic E-state index is 13.4. The van der Waals surface area contributed by atoms with Crippen LogP contribution < -0.4 is 27.4 Å². The van der Waals surface area contributed by atoms with Crippen molar-refractivity contribution in [1.29, 1.82) is 0 Å². The summed E-state index contributed by atoms with van der Waals surface area (Å²) >= 11 is 0. The van der Waals surface area contributed by atoms with Gasteiger partial charge in [-0.15, -0.1) is 0 Å². The molecule has 3 aromatic rings. The minimum atomic E-state index is -1.42. The zero-order valence-electron chi connectivity index (χ0n) is 22.8. The Morgan fingerprint density at radius 2 is 1.71 bits per heavy atom. The third-order valence-corrected chi connectivity index (χ3v) is 6.69. The fraction of sp³-hybridized carbons (Fsp3) is 0.444. The molecule has 0 aliphatic heterocycles. The Morgan fingerprint density at radius 1 is 0.976 bits per heavy atom. The molecule has 2 aromatic heterocycles. The maximum Gasteiger partial charge on any atom is 0.326 e. The lowest BCUT2D eigenvalue weighted by atomic mass is 10.0. The van der Waals surface area contributed by atoms with Gasteiger partial charge in [-0.25, -0.2) is 9.78 Å². The standard InChI is InChI=1S/C27H38N8O6/c1-15(36)23(35-24(37)19(29)7-4-5-9-28)26(39)33-21(11-17-13-30-14-32-17)25(38)34-22(27(40)41)10-16-12-31-20-8-3-2-6-18(16)20/h2-3,6,8,12-15,19,21-23,31,36H,4-5,7,9-11,28-29H2,1H3,(H,30,32)(H,33,39)(H,34,38)(H,35,37)(H,40,41). The van der Waals surface area contributed by atoms with Crippen molar-refractivity contribution in [2.24, 2.45) is 11.5 Å². The first-order chi connectivity index (χ1) is 19.6. The molecule has 1 aromatic carbocycles. The van der Waals surface area contributed by atoms with Gasteiger partial charge >= 0.3 is 5.97 Å². The lowest BCUT2D eigenvalue weighted by Gasteiger charge is -2.26. The number of carboxylic acids is 1. The van der Waals surface area contributed by atoms with Crippen molar-refractivity contribution in [3.05, 3.63) is 54.2 Å². The second kappa shape index (κ2) is 14.9. The molecule has 0 radical (unpaired) electrons. The first-order valence-corrected chi connectivity index (χ1v) is 13.4. The van der Waals surface area contributed by atoms with Crippen molar-refractivity contribution >= 4 is 34.6 Å². The molecule has 0 bridgehead atoms. The van der Waals surface area contributed by atoms with Crippen LogP contribution in [0.3, 0.4) is 0 Å². The number of nitrogens with two attached hydrogens (primary N) is 2. The van der Waals surface area contributed by atoms with Gasteiger partial charge < -0.3 is 47.6 Å². The van der Waals surface area contributed by atoms with Gasteiger partial charge in [0, 0.05) is 41.8 Å². The van der Waals surface area contributed by atoms with Crippen molar-refractivity contribution in [1.82, 2.24) is 30.9 Å². The summed E-state index contributed by atoms with van der Waals surface area (Å²) in [6, 6.07) is 2.48. The SMILES string of the molecule is CC(O)C(NC(=O)C(N)CCCCN)C(=O)NC(Cc1cnc[nH]1)C(=O)NC(Cc1c[nH]c2ccccc12)C(=O)O. The summed E-state index contributed by atoms with van der Waals surface area (Å²) in [4.78, 5) is 61.1. The van der Waals surface area contributed by atoms with E-state index in [9.17, 15) is 29.4 Å².